The summed E-state index contributed by atoms with van der Waals surface area (Å²) in [6.45, 7) is 3.79. The maximum atomic E-state index is 11.9. The van der Waals surface area contributed by atoms with E-state index >= 15 is 0 Å². The fourth-order valence-corrected chi connectivity index (χ4v) is 2.14. The number of carbonyl (C=O) groups excluding carboxylic acids is 1. The van der Waals surface area contributed by atoms with Crippen molar-refractivity contribution >= 4 is 5.91 Å². The highest BCUT2D eigenvalue weighted by atomic mass is 16.5. The van der Waals surface area contributed by atoms with E-state index in [4.69, 9.17) is 4.74 Å². The van der Waals surface area contributed by atoms with Gasteiger partial charge in [0, 0.05) is 13.7 Å². The smallest absolute Gasteiger partial charge is 0.239 e. The molecule has 2 fully saturated rings. The lowest BCUT2D eigenvalue weighted by molar-refractivity contribution is -0.136. The Hall–Kier alpha value is -0.610. The Bertz CT molecular complexity index is 228. The second-order valence-corrected chi connectivity index (χ2v) is 4.18. The summed E-state index contributed by atoms with van der Waals surface area (Å²) in [4.78, 5) is 13.7. The number of nitrogens with one attached hydrogen (secondary N) is 1. The molecule has 2 rings (SSSR count). The minimum absolute atomic E-state index is 0.0628. The summed E-state index contributed by atoms with van der Waals surface area (Å²) in [5, 5.41) is 3.13. The van der Waals surface area contributed by atoms with Gasteiger partial charge in [-0.3, -0.25) is 4.79 Å². The molecule has 0 saturated carbocycles. The molecule has 1 N–H and O–H groups in total. The molecule has 0 aromatic rings. The molecule has 0 radical (unpaired) electrons. The van der Waals surface area contributed by atoms with E-state index in [1.165, 1.54) is 0 Å². The van der Waals surface area contributed by atoms with Crippen molar-refractivity contribution in [3.8, 4) is 0 Å². The van der Waals surface area contributed by atoms with Crippen molar-refractivity contribution in [2.75, 3.05) is 20.2 Å². The molecule has 4 heteroatoms. The molecule has 0 spiro atoms. The van der Waals surface area contributed by atoms with E-state index in [9.17, 15) is 4.79 Å². The topological polar surface area (TPSA) is 41.6 Å². The van der Waals surface area contributed by atoms with Crippen LogP contribution < -0.4 is 5.32 Å². The van der Waals surface area contributed by atoms with Gasteiger partial charge in [0.2, 0.25) is 5.91 Å². The summed E-state index contributed by atoms with van der Waals surface area (Å²) in [5.74, 6) is 0.221. The molecule has 3 unspecified atom stereocenters. The standard InChI is InChI=1S/C10H18N2O2/c1-7-9(4-6-14-7)12(2)10(13)8-3-5-11-8/h7-9,11H,3-6H2,1-2H3. The Kier molecular flexibility index (Phi) is 2.74. The normalized spacial score (nSPS) is 36.6. The molecule has 14 heavy (non-hydrogen) atoms. The zero-order chi connectivity index (χ0) is 10.1. The van der Waals surface area contributed by atoms with Crippen molar-refractivity contribution in [1.82, 2.24) is 10.2 Å². The van der Waals surface area contributed by atoms with Crippen LogP contribution in [0.1, 0.15) is 19.8 Å². The summed E-state index contributed by atoms with van der Waals surface area (Å²) >= 11 is 0. The van der Waals surface area contributed by atoms with Crippen LogP contribution in [0.4, 0.5) is 0 Å². The van der Waals surface area contributed by atoms with Gasteiger partial charge in [-0.1, -0.05) is 0 Å². The number of amides is 1. The van der Waals surface area contributed by atoms with E-state index in [2.05, 4.69) is 5.32 Å². The van der Waals surface area contributed by atoms with Crippen LogP contribution >= 0.6 is 0 Å². The Labute approximate surface area is 84.6 Å². The van der Waals surface area contributed by atoms with E-state index in [0.717, 1.165) is 26.0 Å². The second kappa shape index (κ2) is 3.87. The van der Waals surface area contributed by atoms with Gasteiger partial charge in [-0.2, -0.15) is 0 Å². The number of rotatable bonds is 2. The first-order valence-corrected chi connectivity index (χ1v) is 5.32. The number of carbonyl (C=O) groups is 1. The molecule has 3 atom stereocenters. The SMILES string of the molecule is CC1OCCC1N(C)C(=O)C1CCN1. The monoisotopic (exact) mass is 198 g/mol. The Morgan fingerprint density at radius 3 is 2.64 bits per heavy atom. The second-order valence-electron chi connectivity index (χ2n) is 4.18. The molecule has 2 heterocycles. The Balaban J connectivity index is 1.92. The number of nitrogens with zero attached hydrogens (tertiary/aromatic N) is 1. The number of hydrogen-bond donors (Lipinski definition) is 1. The summed E-state index contributed by atoms with van der Waals surface area (Å²) in [6.07, 6.45) is 2.13. The van der Waals surface area contributed by atoms with Gasteiger partial charge in [0.25, 0.3) is 0 Å². The summed E-state index contributed by atoms with van der Waals surface area (Å²) in [7, 11) is 1.89. The minimum Gasteiger partial charge on any atom is -0.376 e. The van der Waals surface area contributed by atoms with E-state index in [0.29, 0.717) is 0 Å². The number of likely N-dealkylation sites (N-methyl/N-ethyl adjacent to an activating group) is 1. The van der Waals surface area contributed by atoms with Crippen molar-refractivity contribution < 1.29 is 9.53 Å². The van der Waals surface area contributed by atoms with Gasteiger partial charge in [-0.05, 0) is 26.3 Å². The van der Waals surface area contributed by atoms with E-state index in [-0.39, 0.29) is 24.1 Å². The van der Waals surface area contributed by atoms with Gasteiger partial charge >= 0.3 is 0 Å². The lowest BCUT2D eigenvalue weighted by Crippen LogP contribution is -2.56. The number of ether oxygens (including phenoxy) is 1. The largest absolute Gasteiger partial charge is 0.376 e. The predicted octanol–water partition coefficient (Wildman–Crippen LogP) is -0.0159. The maximum absolute atomic E-state index is 11.9. The molecule has 2 aliphatic heterocycles. The fraction of sp³-hybridized carbons (Fsp3) is 0.900. The predicted molar refractivity (Wildman–Crippen MR) is 53.0 cm³/mol. The molecular weight excluding hydrogens is 180 g/mol. The van der Waals surface area contributed by atoms with Crippen molar-refractivity contribution in [1.29, 1.82) is 0 Å². The first-order chi connectivity index (χ1) is 6.70. The molecule has 1 amide bonds. The molecular formula is C10H18N2O2. The fourth-order valence-electron chi connectivity index (χ4n) is 2.14. The summed E-state index contributed by atoms with van der Waals surface area (Å²) in [6, 6.07) is 0.331. The maximum Gasteiger partial charge on any atom is 0.239 e. The molecule has 80 valence electrons. The van der Waals surface area contributed by atoms with Gasteiger partial charge in [0.15, 0.2) is 0 Å². The average Bonchev–Trinajstić information content (AvgIpc) is 2.47. The van der Waals surface area contributed by atoms with Crippen molar-refractivity contribution in [2.24, 2.45) is 0 Å². The molecule has 0 aliphatic carbocycles. The quantitative estimate of drug-likeness (QED) is 0.678. The highest BCUT2D eigenvalue weighted by Gasteiger charge is 2.35. The van der Waals surface area contributed by atoms with Crippen LogP contribution in [-0.4, -0.2) is 49.2 Å². The van der Waals surface area contributed by atoms with Crippen LogP contribution in [0.2, 0.25) is 0 Å². The molecule has 0 aromatic carbocycles. The van der Waals surface area contributed by atoms with E-state index < -0.39 is 0 Å². The van der Waals surface area contributed by atoms with Crippen LogP contribution in [-0.2, 0) is 9.53 Å². The summed E-state index contributed by atoms with van der Waals surface area (Å²) in [5.41, 5.74) is 0. The van der Waals surface area contributed by atoms with Crippen LogP contribution in [0.25, 0.3) is 0 Å². The third kappa shape index (κ3) is 1.64. The molecule has 0 bridgehead atoms. The Morgan fingerprint density at radius 2 is 2.21 bits per heavy atom. The first-order valence-electron chi connectivity index (χ1n) is 5.32. The molecule has 0 aromatic heterocycles. The lowest BCUT2D eigenvalue weighted by Gasteiger charge is -2.34. The zero-order valence-electron chi connectivity index (χ0n) is 8.82. The first kappa shape index (κ1) is 9.93. The zero-order valence-corrected chi connectivity index (χ0v) is 8.82. The van der Waals surface area contributed by atoms with Gasteiger partial charge in [-0.15, -0.1) is 0 Å². The summed E-state index contributed by atoms with van der Waals surface area (Å²) < 4.78 is 5.45. The third-order valence-electron chi connectivity index (χ3n) is 3.30. The van der Waals surface area contributed by atoms with Gasteiger partial charge in [-0.25, -0.2) is 0 Å². The van der Waals surface area contributed by atoms with Crippen molar-refractivity contribution in [3.05, 3.63) is 0 Å². The van der Waals surface area contributed by atoms with Crippen LogP contribution in [0, 0.1) is 0 Å². The van der Waals surface area contributed by atoms with Gasteiger partial charge < -0.3 is 15.0 Å². The highest BCUT2D eigenvalue weighted by Crippen LogP contribution is 2.20. The molecule has 4 nitrogen and oxygen atoms in total. The van der Waals surface area contributed by atoms with Crippen molar-refractivity contribution in [3.63, 3.8) is 0 Å². The van der Waals surface area contributed by atoms with Crippen LogP contribution in [0.3, 0.4) is 0 Å². The van der Waals surface area contributed by atoms with Gasteiger partial charge in [0.1, 0.15) is 0 Å². The molecule has 2 aliphatic rings. The number of hydrogen-bond acceptors (Lipinski definition) is 3. The Morgan fingerprint density at radius 1 is 1.50 bits per heavy atom. The van der Waals surface area contributed by atoms with Crippen LogP contribution in [0.5, 0.6) is 0 Å². The highest BCUT2D eigenvalue weighted by molar-refractivity contribution is 5.82. The van der Waals surface area contributed by atoms with Crippen LogP contribution in [0.15, 0.2) is 0 Å². The average molecular weight is 198 g/mol. The van der Waals surface area contributed by atoms with E-state index in [1.54, 1.807) is 0 Å². The van der Waals surface area contributed by atoms with E-state index in [1.807, 2.05) is 18.9 Å². The third-order valence-corrected chi connectivity index (χ3v) is 3.30. The van der Waals surface area contributed by atoms with Gasteiger partial charge in [0.05, 0.1) is 18.2 Å². The lowest BCUT2D eigenvalue weighted by atomic mass is 10.0. The van der Waals surface area contributed by atoms with Crippen molar-refractivity contribution in [2.45, 2.75) is 38.0 Å². The minimum atomic E-state index is 0.0628. The molecule has 2 saturated heterocycles.